The maximum Gasteiger partial charge on any atom is 0.241 e. The summed E-state index contributed by atoms with van der Waals surface area (Å²) in [5.74, 6) is -0.267. The first-order valence-corrected chi connectivity index (χ1v) is 9.36. The van der Waals surface area contributed by atoms with E-state index in [9.17, 15) is 9.59 Å². The summed E-state index contributed by atoms with van der Waals surface area (Å²) in [5, 5.41) is 3.22. The molecular weight excluding hydrogens is 334 g/mol. The summed E-state index contributed by atoms with van der Waals surface area (Å²) in [5.41, 5.74) is 1.68. The van der Waals surface area contributed by atoms with E-state index >= 15 is 0 Å². The lowest BCUT2D eigenvalue weighted by atomic mass is 10.0. The molecule has 1 spiro atoms. The number of nitrogens with one attached hydrogen (secondary N) is 1. The number of anilines is 2. The Kier molecular flexibility index (Phi) is 4.82. The average Bonchev–Trinajstić information content (AvgIpc) is 3.30. The van der Waals surface area contributed by atoms with Crippen molar-refractivity contribution in [3.8, 4) is 0 Å². The fourth-order valence-corrected chi connectivity index (χ4v) is 3.93. The average molecular weight is 359 g/mol. The normalized spacial score (nSPS) is 22.2. The highest BCUT2D eigenvalue weighted by Gasteiger charge is 2.40. The number of ether oxygens (including phenoxy) is 2. The molecule has 0 aromatic heterocycles. The number of nitrogens with zero attached hydrogens (tertiary/aromatic N) is 2. The van der Waals surface area contributed by atoms with Crippen molar-refractivity contribution >= 4 is 23.2 Å². The van der Waals surface area contributed by atoms with Gasteiger partial charge in [-0.15, -0.1) is 0 Å². The zero-order valence-electron chi connectivity index (χ0n) is 14.9. The molecule has 3 fully saturated rings. The molecule has 3 aliphatic heterocycles. The summed E-state index contributed by atoms with van der Waals surface area (Å²) < 4.78 is 11.4. The second kappa shape index (κ2) is 7.25. The van der Waals surface area contributed by atoms with Crippen LogP contribution >= 0.6 is 0 Å². The number of piperidine rings is 1. The summed E-state index contributed by atoms with van der Waals surface area (Å²) in [6, 6.07) is 7.67. The Labute approximate surface area is 153 Å². The van der Waals surface area contributed by atoms with Crippen molar-refractivity contribution in [1.82, 2.24) is 4.90 Å². The number of carbonyl (C=O) groups excluding carboxylic acids is 2. The van der Waals surface area contributed by atoms with E-state index in [0.717, 1.165) is 37.2 Å². The van der Waals surface area contributed by atoms with Crippen molar-refractivity contribution in [2.24, 2.45) is 0 Å². The minimum atomic E-state index is -0.465. The lowest BCUT2D eigenvalue weighted by Crippen LogP contribution is -2.48. The van der Waals surface area contributed by atoms with Crippen molar-refractivity contribution in [3.05, 3.63) is 24.3 Å². The van der Waals surface area contributed by atoms with E-state index in [0.29, 0.717) is 32.7 Å². The van der Waals surface area contributed by atoms with Gasteiger partial charge in [-0.05, 0) is 18.6 Å². The van der Waals surface area contributed by atoms with Crippen molar-refractivity contribution in [2.45, 2.75) is 31.5 Å². The molecule has 1 N–H and O–H groups in total. The number of carbonyl (C=O) groups is 2. The number of amides is 2. The van der Waals surface area contributed by atoms with Gasteiger partial charge in [0.2, 0.25) is 11.8 Å². The zero-order chi connectivity index (χ0) is 18.0. The number of para-hydroxylation sites is 2. The van der Waals surface area contributed by atoms with Crippen LogP contribution in [0.1, 0.15) is 25.7 Å². The Hall–Kier alpha value is -2.12. The van der Waals surface area contributed by atoms with E-state index in [1.807, 2.05) is 29.2 Å². The number of hydrogen-bond acceptors (Lipinski definition) is 5. The Morgan fingerprint density at radius 2 is 1.85 bits per heavy atom. The maximum absolute atomic E-state index is 12.6. The van der Waals surface area contributed by atoms with Crippen molar-refractivity contribution in [3.63, 3.8) is 0 Å². The van der Waals surface area contributed by atoms with Crippen molar-refractivity contribution in [1.29, 1.82) is 0 Å². The third-order valence-corrected chi connectivity index (χ3v) is 5.39. The molecule has 26 heavy (non-hydrogen) atoms. The Morgan fingerprint density at radius 3 is 2.54 bits per heavy atom. The molecule has 0 saturated carbocycles. The highest BCUT2D eigenvalue weighted by molar-refractivity contribution is 5.98. The van der Waals surface area contributed by atoms with Gasteiger partial charge in [-0.2, -0.15) is 0 Å². The van der Waals surface area contributed by atoms with Crippen molar-refractivity contribution in [2.75, 3.05) is 49.6 Å². The van der Waals surface area contributed by atoms with Gasteiger partial charge in [-0.1, -0.05) is 12.1 Å². The molecule has 3 heterocycles. The minimum absolute atomic E-state index is 0.0559. The fourth-order valence-electron chi connectivity index (χ4n) is 3.93. The monoisotopic (exact) mass is 359 g/mol. The van der Waals surface area contributed by atoms with Gasteiger partial charge in [0.05, 0.1) is 31.1 Å². The molecule has 140 valence electrons. The first-order chi connectivity index (χ1) is 12.7. The van der Waals surface area contributed by atoms with Gasteiger partial charge in [0.25, 0.3) is 0 Å². The molecule has 2 amide bonds. The predicted octanol–water partition coefficient (Wildman–Crippen LogP) is 1.59. The van der Waals surface area contributed by atoms with Crippen LogP contribution in [0.4, 0.5) is 11.4 Å². The summed E-state index contributed by atoms with van der Waals surface area (Å²) in [4.78, 5) is 28.3. The third-order valence-electron chi connectivity index (χ3n) is 5.39. The topological polar surface area (TPSA) is 71.1 Å². The smallest absolute Gasteiger partial charge is 0.241 e. The van der Waals surface area contributed by atoms with Gasteiger partial charge in [0, 0.05) is 38.9 Å². The lowest BCUT2D eigenvalue weighted by molar-refractivity contribution is -0.187. The van der Waals surface area contributed by atoms with Crippen LogP contribution in [0.2, 0.25) is 0 Å². The molecule has 0 radical (unpaired) electrons. The third kappa shape index (κ3) is 3.41. The Bertz CT molecular complexity index is 677. The van der Waals surface area contributed by atoms with Crippen LogP contribution in [0.25, 0.3) is 0 Å². The van der Waals surface area contributed by atoms with Gasteiger partial charge in [0.1, 0.15) is 0 Å². The molecule has 0 unspecified atom stereocenters. The molecule has 0 aliphatic carbocycles. The van der Waals surface area contributed by atoms with Crippen LogP contribution in [0.3, 0.4) is 0 Å². The molecule has 1 aromatic rings. The standard InChI is InChI=1S/C19H25N3O4/c23-17-6-3-9-22(17)16-5-2-1-4-15(16)20-14-18(24)21-10-7-19(8-11-21)25-12-13-26-19/h1-2,4-5,20H,3,6-14H2. The number of rotatable bonds is 4. The van der Waals surface area contributed by atoms with Gasteiger partial charge in [-0.3, -0.25) is 9.59 Å². The number of likely N-dealkylation sites (tertiary alicyclic amines) is 1. The van der Waals surface area contributed by atoms with Crippen LogP contribution < -0.4 is 10.2 Å². The van der Waals surface area contributed by atoms with Gasteiger partial charge < -0.3 is 24.6 Å². The quantitative estimate of drug-likeness (QED) is 0.884. The van der Waals surface area contributed by atoms with Gasteiger partial charge >= 0.3 is 0 Å². The molecule has 1 aromatic carbocycles. The molecule has 0 atom stereocenters. The molecule has 0 bridgehead atoms. The first-order valence-electron chi connectivity index (χ1n) is 9.36. The number of benzene rings is 1. The van der Waals surface area contributed by atoms with Crippen LogP contribution in [-0.4, -0.2) is 61.9 Å². The minimum Gasteiger partial charge on any atom is -0.374 e. The summed E-state index contributed by atoms with van der Waals surface area (Å²) in [6.07, 6.45) is 2.91. The van der Waals surface area contributed by atoms with Crippen LogP contribution in [0, 0.1) is 0 Å². The van der Waals surface area contributed by atoms with E-state index in [2.05, 4.69) is 5.32 Å². The summed E-state index contributed by atoms with van der Waals surface area (Å²) >= 11 is 0. The van der Waals surface area contributed by atoms with Crippen LogP contribution in [0.5, 0.6) is 0 Å². The predicted molar refractivity (Wildman–Crippen MR) is 97.0 cm³/mol. The molecular formula is C19H25N3O4. The van der Waals surface area contributed by atoms with Crippen molar-refractivity contribution < 1.29 is 19.1 Å². The van der Waals surface area contributed by atoms with Gasteiger partial charge in [-0.25, -0.2) is 0 Å². The molecule has 3 aliphatic rings. The van der Waals surface area contributed by atoms with E-state index in [-0.39, 0.29) is 18.4 Å². The fraction of sp³-hybridized carbons (Fsp3) is 0.579. The van der Waals surface area contributed by atoms with E-state index < -0.39 is 5.79 Å². The van der Waals surface area contributed by atoms with Crippen LogP contribution in [0.15, 0.2) is 24.3 Å². The SMILES string of the molecule is O=C(CNc1ccccc1N1CCCC1=O)N1CCC2(CC1)OCCO2. The first kappa shape index (κ1) is 17.3. The molecule has 7 heteroatoms. The van der Waals surface area contributed by atoms with Gasteiger partial charge in [0.15, 0.2) is 5.79 Å². The molecule has 3 saturated heterocycles. The van der Waals surface area contributed by atoms with E-state index in [4.69, 9.17) is 9.47 Å². The second-order valence-electron chi connectivity index (χ2n) is 7.01. The largest absolute Gasteiger partial charge is 0.374 e. The van der Waals surface area contributed by atoms with E-state index in [1.54, 1.807) is 4.90 Å². The number of hydrogen-bond donors (Lipinski definition) is 1. The maximum atomic E-state index is 12.6. The van der Waals surface area contributed by atoms with E-state index in [1.165, 1.54) is 0 Å². The zero-order valence-corrected chi connectivity index (χ0v) is 14.9. The molecule has 7 nitrogen and oxygen atoms in total. The Morgan fingerprint density at radius 1 is 1.12 bits per heavy atom. The van der Waals surface area contributed by atoms with Crippen LogP contribution in [-0.2, 0) is 19.1 Å². The lowest BCUT2D eigenvalue weighted by Gasteiger charge is -2.37. The molecule has 4 rings (SSSR count). The summed E-state index contributed by atoms with van der Waals surface area (Å²) in [7, 11) is 0. The highest BCUT2D eigenvalue weighted by atomic mass is 16.7. The Balaban J connectivity index is 1.34. The second-order valence-corrected chi connectivity index (χ2v) is 7.01. The summed E-state index contributed by atoms with van der Waals surface area (Å²) in [6.45, 7) is 3.52. The highest BCUT2D eigenvalue weighted by Crippen LogP contribution is 2.32.